The second-order valence-corrected chi connectivity index (χ2v) is 11.6. The van der Waals surface area contributed by atoms with Crippen molar-refractivity contribution in [2.24, 2.45) is 7.05 Å². The van der Waals surface area contributed by atoms with Crippen molar-refractivity contribution in [2.45, 2.75) is 49.8 Å². The molecule has 0 bridgehead atoms. The average molecular weight is 507 g/mol. The Morgan fingerprint density at radius 1 is 1.18 bits per heavy atom. The number of nitrogens with zero attached hydrogens (tertiary/aromatic N) is 3. The van der Waals surface area contributed by atoms with Crippen LogP contribution in [0.1, 0.15) is 50.9 Å². The Labute approximate surface area is 204 Å². The molecule has 1 unspecified atom stereocenters. The van der Waals surface area contributed by atoms with E-state index >= 15 is 0 Å². The van der Waals surface area contributed by atoms with Gasteiger partial charge < -0.3 is 9.30 Å². The molecule has 34 heavy (non-hydrogen) atoms. The molecule has 0 amide bonds. The van der Waals surface area contributed by atoms with Gasteiger partial charge in [0, 0.05) is 31.2 Å². The summed E-state index contributed by atoms with van der Waals surface area (Å²) in [5.41, 5.74) is 1.25. The summed E-state index contributed by atoms with van der Waals surface area (Å²) in [5.74, 6) is 0.441. The average Bonchev–Trinajstić information content (AvgIpc) is 3.17. The fraction of sp³-hybridized carbons (Fsp3) is 0.417. The number of anilines is 1. The number of nitrogens with one attached hydrogen (secondary N) is 1. The minimum absolute atomic E-state index is 0.0312. The highest BCUT2D eigenvalue weighted by atomic mass is 35.5. The van der Waals surface area contributed by atoms with E-state index in [0.29, 0.717) is 18.0 Å². The molecular formula is C24H28ClFN4O3S. The third-order valence-corrected chi connectivity index (χ3v) is 7.68. The molecule has 1 aromatic heterocycles. The van der Waals surface area contributed by atoms with Gasteiger partial charge >= 0.3 is 0 Å². The molecule has 10 heteroatoms. The van der Waals surface area contributed by atoms with Crippen LogP contribution in [0.3, 0.4) is 0 Å². The largest absolute Gasteiger partial charge is 0.381 e. The van der Waals surface area contributed by atoms with Gasteiger partial charge in [0.25, 0.3) is 10.0 Å². The van der Waals surface area contributed by atoms with Crippen LogP contribution in [-0.4, -0.2) is 36.4 Å². The van der Waals surface area contributed by atoms with E-state index < -0.39 is 15.8 Å². The fourth-order valence-corrected chi connectivity index (χ4v) is 5.26. The van der Waals surface area contributed by atoms with Gasteiger partial charge in [-0.3, -0.25) is 4.72 Å². The quantitative estimate of drug-likeness (QED) is 0.509. The molecule has 2 heterocycles. The number of benzene rings is 2. The van der Waals surface area contributed by atoms with E-state index in [4.69, 9.17) is 16.3 Å². The molecule has 1 N–H and O–H groups in total. The first-order valence-corrected chi connectivity index (χ1v) is 12.9. The molecule has 1 aliphatic heterocycles. The lowest BCUT2D eigenvalue weighted by atomic mass is 9.87. The van der Waals surface area contributed by atoms with Crippen LogP contribution in [0.5, 0.6) is 0 Å². The SMILES string of the molecule is Cn1c(-c2cc(Cl)c(F)cc2NS(=O)(=O)c2ccc(C(C)(C)C)cc2)nnc1C1CCCOC1. The Bertz CT molecular complexity index is 1290. The maximum absolute atomic E-state index is 14.4. The molecule has 0 radical (unpaired) electrons. The topological polar surface area (TPSA) is 86.1 Å². The van der Waals surface area contributed by atoms with Gasteiger partial charge in [-0.2, -0.15) is 0 Å². The number of rotatable bonds is 5. The zero-order chi connectivity index (χ0) is 24.7. The summed E-state index contributed by atoms with van der Waals surface area (Å²) in [6.07, 6.45) is 1.84. The van der Waals surface area contributed by atoms with Crippen molar-refractivity contribution in [3.05, 3.63) is 58.6 Å². The number of halogens is 2. The summed E-state index contributed by atoms with van der Waals surface area (Å²) in [4.78, 5) is 0.0693. The molecule has 0 saturated carbocycles. The second-order valence-electron chi connectivity index (χ2n) is 9.55. The van der Waals surface area contributed by atoms with Gasteiger partial charge in [0.05, 0.1) is 22.2 Å². The van der Waals surface area contributed by atoms with Crippen LogP contribution in [0, 0.1) is 5.82 Å². The third kappa shape index (κ3) is 4.96. The molecule has 182 valence electrons. The number of hydrogen-bond acceptors (Lipinski definition) is 5. The van der Waals surface area contributed by atoms with Crippen molar-refractivity contribution in [3.8, 4) is 11.4 Å². The van der Waals surface area contributed by atoms with Crippen molar-refractivity contribution in [1.29, 1.82) is 0 Å². The highest BCUT2D eigenvalue weighted by Crippen LogP contribution is 2.35. The standard InChI is InChI=1S/C24H28ClFN4O3S/c1-24(2,3)16-7-9-17(10-8-16)34(31,32)29-21-13-20(26)19(25)12-18(21)23-28-27-22(30(23)4)15-6-5-11-33-14-15/h7-10,12-13,15,29H,5-6,11,14H2,1-4H3. The Hall–Kier alpha value is -2.49. The van der Waals surface area contributed by atoms with Gasteiger partial charge in [-0.25, -0.2) is 12.8 Å². The van der Waals surface area contributed by atoms with E-state index in [1.165, 1.54) is 6.07 Å². The van der Waals surface area contributed by atoms with E-state index in [0.717, 1.165) is 36.9 Å². The predicted octanol–water partition coefficient (Wildman–Crippen LogP) is 5.27. The van der Waals surface area contributed by atoms with Gasteiger partial charge in [-0.05, 0) is 42.0 Å². The first-order chi connectivity index (χ1) is 16.0. The highest BCUT2D eigenvalue weighted by Gasteiger charge is 2.26. The Kier molecular flexibility index (Phi) is 6.72. The van der Waals surface area contributed by atoms with Crippen LogP contribution < -0.4 is 4.72 Å². The number of aromatic nitrogens is 3. The van der Waals surface area contributed by atoms with Crippen molar-refractivity contribution >= 4 is 27.3 Å². The van der Waals surface area contributed by atoms with Crippen LogP contribution in [0.15, 0.2) is 41.3 Å². The summed E-state index contributed by atoms with van der Waals surface area (Å²) in [5, 5.41) is 8.45. The van der Waals surface area contributed by atoms with Gasteiger partial charge in [-0.15, -0.1) is 10.2 Å². The summed E-state index contributed by atoms with van der Waals surface area (Å²) >= 11 is 6.06. The lowest BCUT2D eigenvalue weighted by Gasteiger charge is -2.21. The van der Waals surface area contributed by atoms with E-state index in [9.17, 15) is 12.8 Å². The lowest BCUT2D eigenvalue weighted by Crippen LogP contribution is -2.19. The van der Waals surface area contributed by atoms with Crippen LogP contribution in [0.25, 0.3) is 11.4 Å². The molecule has 7 nitrogen and oxygen atoms in total. The summed E-state index contributed by atoms with van der Waals surface area (Å²) in [6.45, 7) is 7.40. The van der Waals surface area contributed by atoms with E-state index in [-0.39, 0.29) is 26.9 Å². The molecule has 1 fully saturated rings. The van der Waals surface area contributed by atoms with Crippen LogP contribution in [-0.2, 0) is 27.2 Å². The van der Waals surface area contributed by atoms with E-state index in [1.54, 1.807) is 35.9 Å². The van der Waals surface area contributed by atoms with E-state index in [1.807, 2.05) is 20.8 Å². The van der Waals surface area contributed by atoms with Crippen LogP contribution >= 0.6 is 11.6 Å². The smallest absolute Gasteiger partial charge is 0.261 e. The molecule has 2 aromatic carbocycles. The highest BCUT2D eigenvalue weighted by molar-refractivity contribution is 7.92. The Morgan fingerprint density at radius 2 is 1.88 bits per heavy atom. The molecule has 0 spiro atoms. The zero-order valence-electron chi connectivity index (χ0n) is 19.6. The number of ether oxygens (including phenoxy) is 1. The van der Waals surface area contributed by atoms with Gasteiger partial charge in [-0.1, -0.05) is 44.5 Å². The Balaban J connectivity index is 1.71. The molecule has 3 aromatic rings. The van der Waals surface area contributed by atoms with Crippen molar-refractivity contribution in [3.63, 3.8) is 0 Å². The molecule has 0 aliphatic carbocycles. The molecule has 1 saturated heterocycles. The molecule has 4 rings (SSSR count). The summed E-state index contributed by atoms with van der Waals surface area (Å²) < 4.78 is 50.6. The number of hydrogen-bond donors (Lipinski definition) is 1. The molecular weight excluding hydrogens is 479 g/mol. The lowest BCUT2D eigenvalue weighted by molar-refractivity contribution is 0.0772. The minimum atomic E-state index is -4.00. The predicted molar refractivity (Wildman–Crippen MR) is 130 cm³/mol. The number of sulfonamides is 1. The van der Waals surface area contributed by atoms with Crippen LogP contribution in [0.4, 0.5) is 10.1 Å². The van der Waals surface area contributed by atoms with Gasteiger partial charge in [0.2, 0.25) is 0 Å². The summed E-state index contributed by atoms with van der Waals surface area (Å²) in [6, 6.07) is 9.06. The fourth-order valence-electron chi connectivity index (χ4n) is 4.03. The molecule has 1 aliphatic rings. The second kappa shape index (κ2) is 9.28. The van der Waals surface area contributed by atoms with Crippen molar-refractivity contribution < 1.29 is 17.5 Å². The summed E-state index contributed by atoms with van der Waals surface area (Å²) in [7, 11) is -2.21. The maximum Gasteiger partial charge on any atom is 0.261 e. The van der Waals surface area contributed by atoms with Crippen molar-refractivity contribution in [2.75, 3.05) is 17.9 Å². The van der Waals surface area contributed by atoms with E-state index in [2.05, 4.69) is 14.9 Å². The van der Waals surface area contributed by atoms with Crippen LogP contribution in [0.2, 0.25) is 5.02 Å². The third-order valence-electron chi connectivity index (χ3n) is 6.01. The molecule has 1 atom stereocenters. The normalized spacial score (nSPS) is 17.1. The minimum Gasteiger partial charge on any atom is -0.381 e. The monoisotopic (exact) mass is 506 g/mol. The Morgan fingerprint density at radius 3 is 2.50 bits per heavy atom. The maximum atomic E-state index is 14.4. The van der Waals surface area contributed by atoms with Gasteiger partial charge in [0.1, 0.15) is 11.6 Å². The first-order valence-electron chi connectivity index (χ1n) is 11.1. The van der Waals surface area contributed by atoms with Crippen molar-refractivity contribution in [1.82, 2.24) is 14.8 Å². The van der Waals surface area contributed by atoms with Gasteiger partial charge in [0.15, 0.2) is 5.82 Å². The first kappa shape index (κ1) is 24.6. The zero-order valence-corrected chi connectivity index (χ0v) is 21.2.